The highest BCUT2D eigenvalue weighted by Gasteiger charge is 2.53. The number of ketones is 1. The van der Waals surface area contributed by atoms with Crippen LogP contribution in [0, 0.1) is 0 Å². The summed E-state index contributed by atoms with van der Waals surface area (Å²) in [7, 11) is 0. The largest absolute Gasteiger partial charge is 0.486 e. The lowest BCUT2D eigenvalue weighted by Crippen LogP contribution is -2.57. The highest BCUT2D eigenvalue weighted by atomic mass is 35.5. The number of alkyl halides is 3. The van der Waals surface area contributed by atoms with Crippen molar-refractivity contribution in [3.8, 4) is 5.75 Å². The smallest absolute Gasteiger partial charge is 0.433 e. The van der Waals surface area contributed by atoms with E-state index >= 15 is 0 Å². The van der Waals surface area contributed by atoms with Crippen molar-refractivity contribution in [2.45, 2.75) is 53.8 Å². The molecule has 1 saturated heterocycles. The maximum atomic E-state index is 13.6. The molecule has 1 fully saturated rings. The molecule has 1 aromatic carbocycles. The second-order valence-electron chi connectivity index (χ2n) is 9.11. The van der Waals surface area contributed by atoms with Gasteiger partial charge in [-0.3, -0.25) is 9.59 Å². The van der Waals surface area contributed by atoms with Crippen LogP contribution in [0.3, 0.4) is 0 Å². The van der Waals surface area contributed by atoms with Crippen LogP contribution in [0.1, 0.15) is 47.8 Å². The summed E-state index contributed by atoms with van der Waals surface area (Å²) in [6.45, 7) is 2.33. The summed E-state index contributed by atoms with van der Waals surface area (Å²) in [4.78, 5) is 31.7. The third kappa shape index (κ3) is 3.67. The molecule has 4 heterocycles. The number of ether oxygens (including phenoxy) is 1. The van der Waals surface area contributed by atoms with Gasteiger partial charge in [0.1, 0.15) is 22.1 Å². The van der Waals surface area contributed by atoms with Gasteiger partial charge in [-0.1, -0.05) is 29.4 Å². The minimum Gasteiger partial charge on any atom is -0.486 e. The van der Waals surface area contributed by atoms with E-state index in [0.29, 0.717) is 47.8 Å². The summed E-state index contributed by atoms with van der Waals surface area (Å²) in [5.41, 5.74) is 4.19. The Balaban J connectivity index is 1.35. The molecule has 2 unspecified atom stereocenters. The molecule has 0 saturated carbocycles. The topological polar surface area (TPSA) is 85.5 Å². The van der Waals surface area contributed by atoms with Crippen molar-refractivity contribution in [3.05, 3.63) is 52.2 Å². The predicted octanol–water partition coefficient (Wildman–Crippen LogP) is 4.43. The number of fused-ring (bicyclic) bond motifs is 2. The lowest BCUT2D eigenvalue weighted by molar-refractivity contribution is -0.141. The van der Waals surface area contributed by atoms with Crippen molar-refractivity contribution in [1.82, 2.24) is 9.88 Å². The van der Waals surface area contributed by atoms with Crippen LogP contribution in [-0.4, -0.2) is 45.6 Å². The van der Waals surface area contributed by atoms with Gasteiger partial charge in [-0.15, -0.1) is 0 Å². The van der Waals surface area contributed by atoms with E-state index in [-0.39, 0.29) is 23.1 Å². The summed E-state index contributed by atoms with van der Waals surface area (Å²) in [6, 6.07) is 7.14. The van der Waals surface area contributed by atoms with Gasteiger partial charge in [0, 0.05) is 36.5 Å². The van der Waals surface area contributed by atoms with E-state index in [0.717, 1.165) is 17.8 Å². The number of nitrogens with zero attached hydrogens (tertiary/aromatic N) is 2. The second-order valence-corrected chi connectivity index (χ2v) is 10.7. The van der Waals surface area contributed by atoms with Gasteiger partial charge in [0.2, 0.25) is 5.91 Å². The molecule has 3 aliphatic rings. The van der Waals surface area contributed by atoms with E-state index in [2.05, 4.69) is 4.98 Å². The van der Waals surface area contributed by atoms with Crippen LogP contribution in [0.15, 0.2) is 35.4 Å². The fourth-order valence-corrected chi connectivity index (χ4v) is 6.34. The van der Waals surface area contributed by atoms with Gasteiger partial charge in [0.05, 0.1) is 22.8 Å². The van der Waals surface area contributed by atoms with Gasteiger partial charge in [-0.25, -0.2) is 4.98 Å². The molecule has 1 aromatic heterocycles. The first kappa shape index (κ1) is 23.4. The Morgan fingerprint density at radius 1 is 1.26 bits per heavy atom. The quantitative estimate of drug-likeness (QED) is 0.609. The number of benzene rings is 1. The number of amides is 1. The van der Waals surface area contributed by atoms with Crippen LogP contribution >= 0.6 is 23.4 Å². The molecule has 0 radical (unpaired) electrons. The fraction of sp³-hybridized carbons (Fsp3) is 0.435. The summed E-state index contributed by atoms with van der Waals surface area (Å²) < 4.78 is 45.5. The van der Waals surface area contributed by atoms with Gasteiger partial charge < -0.3 is 15.4 Å². The van der Waals surface area contributed by atoms with Gasteiger partial charge >= 0.3 is 6.18 Å². The van der Waals surface area contributed by atoms with Crippen LogP contribution in [0.2, 0.25) is 5.02 Å². The number of likely N-dealkylation sites (tertiary alicyclic amines) is 1. The van der Waals surface area contributed by atoms with E-state index in [4.69, 9.17) is 22.1 Å². The monoisotopic (exact) mass is 511 g/mol. The van der Waals surface area contributed by atoms with Crippen molar-refractivity contribution in [2.75, 3.05) is 13.1 Å². The molecule has 11 heteroatoms. The molecule has 1 amide bonds. The van der Waals surface area contributed by atoms with E-state index in [1.807, 2.05) is 0 Å². The molecule has 0 bridgehead atoms. The lowest BCUT2D eigenvalue weighted by atomic mass is 9.79. The Kier molecular flexibility index (Phi) is 5.42. The van der Waals surface area contributed by atoms with Gasteiger partial charge in [-0.05, 0) is 31.2 Å². The highest BCUT2D eigenvalue weighted by Crippen LogP contribution is 2.49. The van der Waals surface area contributed by atoms with Crippen molar-refractivity contribution >= 4 is 35.1 Å². The molecule has 34 heavy (non-hydrogen) atoms. The van der Waals surface area contributed by atoms with Crippen LogP contribution in [0.4, 0.5) is 13.2 Å². The number of pyridine rings is 1. The number of carbonyl (C=O) groups is 2. The van der Waals surface area contributed by atoms with Crippen molar-refractivity contribution in [1.29, 1.82) is 0 Å². The first-order valence-corrected chi connectivity index (χ1v) is 12.0. The van der Waals surface area contributed by atoms with Gasteiger partial charge in [0.15, 0.2) is 5.78 Å². The Morgan fingerprint density at radius 2 is 1.97 bits per heavy atom. The molecule has 0 aliphatic carbocycles. The predicted molar refractivity (Wildman–Crippen MR) is 120 cm³/mol. The SMILES string of the molecule is CC1(C(=O)N2CCC3(CC2)CC(=O)c2cc(Cl)ccc2O3)c2ccc(C(F)(F)F)nc2SC1N. The first-order chi connectivity index (χ1) is 15.9. The molecule has 3 aliphatic heterocycles. The molecular formula is C23H21ClF3N3O3S. The number of nitrogens with two attached hydrogens (primary N) is 1. The Morgan fingerprint density at radius 3 is 2.65 bits per heavy atom. The number of Topliss-reactive ketones (excluding diaryl/α,β-unsaturated/α-hetero) is 1. The van der Waals surface area contributed by atoms with Crippen LogP contribution < -0.4 is 10.5 Å². The molecule has 6 nitrogen and oxygen atoms in total. The molecule has 5 rings (SSSR count). The van der Waals surface area contributed by atoms with E-state index in [1.165, 1.54) is 6.07 Å². The van der Waals surface area contributed by atoms with Crippen molar-refractivity contribution in [3.63, 3.8) is 0 Å². The molecule has 2 atom stereocenters. The average Bonchev–Trinajstić information content (AvgIpc) is 3.04. The number of piperidine rings is 1. The number of carbonyl (C=O) groups excluding carboxylic acids is 2. The number of halogens is 4. The standard InChI is InChI=1S/C23H21ClF3N3O3S/c1-21(14-3-5-17(23(25,26)27)29-18(14)34-19(21)28)20(32)30-8-6-22(7-9-30)11-15(31)13-10-12(24)2-4-16(13)33-22/h2-5,10,19H,6-9,11,28H2,1H3. The Bertz CT molecular complexity index is 1200. The zero-order chi connectivity index (χ0) is 24.5. The molecule has 2 N–H and O–H groups in total. The van der Waals surface area contributed by atoms with E-state index in [9.17, 15) is 22.8 Å². The number of hydrogen-bond donors (Lipinski definition) is 1. The summed E-state index contributed by atoms with van der Waals surface area (Å²) in [6.07, 6.45) is -3.49. The third-order valence-corrected chi connectivity index (χ3v) is 8.47. The minimum atomic E-state index is -4.58. The number of aromatic nitrogens is 1. The Labute approximate surface area is 203 Å². The van der Waals surface area contributed by atoms with Gasteiger partial charge in [0.25, 0.3) is 0 Å². The highest BCUT2D eigenvalue weighted by molar-refractivity contribution is 8.00. The van der Waals surface area contributed by atoms with Crippen molar-refractivity contribution < 1.29 is 27.5 Å². The summed E-state index contributed by atoms with van der Waals surface area (Å²) in [5.74, 6) is 0.171. The number of thioether (sulfide) groups is 1. The van der Waals surface area contributed by atoms with Crippen LogP contribution in [-0.2, 0) is 16.4 Å². The zero-order valence-electron chi connectivity index (χ0n) is 18.1. The van der Waals surface area contributed by atoms with E-state index in [1.54, 1.807) is 30.0 Å². The Hall–Kier alpha value is -2.30. The first-order valence-electron chi connectivity index (χ1n) is 10.8. The number of hydrogen-bond acceptors (Lipinski definition) is 6. The molecule has 2 aromatic rings. The normalized spacial score (nSPS) is 25.6. The molecule has 1 spiro atoms. The second kappa shape index (κ2) is 7.86. The minimum absolute atomic E-state index is 0.0508. The molecule has 180 valence electrons. The third-order valence-electron chi connectivity index (χ3n) is 6.98. The van der Waals surface area contributed by atoms with E-state index < -0.39 is 28.3 Å². The maximum absolute atomic E-state index is 13.6. The van der Waals surface area contributed by atoms with Gasteiger partial charge in [-0.2, -0.15) is 13.2 Å². The number of rotatable bonds is 1. The molecular weight excluding hydrogens is 491 g/mol. The van der Waals surface area contributed by atoms with Crippen LogP contribution in [0.5, 0.6) is 5.75 Å². The summed E-state index contributed by atoms with van der Waals surface area (Å²) in [5, 5.41) is -0.183. The zero-order valence-corrected chi connectivity index (χ0v) is 19.7. The lowest BCUT2D eigenvalue weighted by Gasteiger charge is -2.45. The maximum Gasteiger partial charge on any atom is 0.433 e. The fourth-order valence-electron chi connectivity index (χ4n) is 4.90. The van der Waals surface area contributed by atoms with Crippen LogP contribution in [0.25, 0.3) is 0 Å². The average molecular weight is 512 g/mol. The van der Waals surface area contributed by atoms with Crippen molar-refractivity contribution in [2.24, 2.45) is 5.73 Å². The summed E-state index contributed by atoms with van der Waals surface area (Å²) >= 11 is 6.98.